The lowest BCUT2D eigenvalue weighted by atomic mass is 10.7. The molecule has 0 saturated carbocycles. The summed E-state index contributed by atoms with van der Waals surface area (Å²) in [4.78, 5) is 1.33. The van der Waals surface area contributed by atoms with E-state index in [9.17, 15) is 0 Å². The molecule has 1 rings (SSSR count). The van der Waals surface area contributed by atoms with Crippen molar-refractivity contribution in [2.24, 2.45) is 0 Å². The van der Waals surface area contributed by atoms with Gasteiger partial charge in [-0.3, -0.25) is 0 Å². The van der Waals surface area contributed by atoms with E-state index in [2.05, 4.69) is 24.3 Å². The molecule has 1 aromatic heterocycles. The Morgan fingerprint density at radius 1 is 1.70 bits per heavy atom. The zero-order chi connectivity index (χ0) is 7.40. The van der Waals surface area contributed by atoms with E-state index in [1.54, 1.807) is 34.9 Å². The van der Waals surface area contributed by atoms with E-state index in [1.807, 2.05) is 5.41 Å². The van der Waals surface area contributed by atoms with Gasteiger partial charge in [0.25, 0.3) is 0 Å². The van der Waals surface area contributed by atoms with Crippen molar-refractivity contribution in [2.45, 2.75) is 9.10 Å². The van der Waals surface area contributed by atoms with Gasteiger partial charge in [-0.25, -0.2) is 0 Å². The Morgan fingerprint density at radius 3 is 3.10 bits per heavy atom. The highest BCUT2D eigenvalue weighted by atomic mass is 32.2. The van der Waals surface area contributed by atoms with E-state index in [4.69, 9.17) is 0 Å². The molecule has 0 aliphatic rings. The van der Waals surface area contributed by atoms with Crippen molar-refractivity contribution in [3.63, 3.8) is 0 Å². The Hall–Kier alpha value is 0.140. The molecule has 0 bridgehead atoms. The molecule has 3 heteroatoms. The third-order valence-corrected chi connectivity index (χ3v) is 4.10. The minimum absolute atomic E-state index is 1.33. The number of rotatable bonds is 3. The van der Waals surface area contributed by atoms with Crippen LogP contribution in [0.2, 0.25) is 0 Å². The van der Waals surface area contributed by atoms with Gasteiger partial charge < -0.3 is 0 Å². The van der Waals surface area contributed by atoms with E-state index in [-0.39, 0.29) is 0 Å². The topological polar surface area (TPSA) is 0 Å². The first-order valence-electron chi connectivity index (χ1n) is 2.77. The largest absolute Gasteiger partial charge is 0.136 e. The Labute approximate surface area is 73.7 Å². The maximum absolute atomic E-state index is 3.67. The zero-order valence-electron chi connectivity index (χ0n) is 5.66. The standard InChI is InChI=1S/C7H8S3/c1-3-9-6-4-5-10-7(6)8-2/h3-5H,1H2,2H3. The van der Waals surface area contributed by atoms with Gasteiger partial charge in [0.05, 0.1) is 4.21 Å². The van der Waals surface area contributed by atoms with Crippen LogP contribution in [0.4, 0.5) is 0 Å². The quantitative estimate of drug-likeness (QED) is 0.663. The van der Waals surface area contributed by atoms with Gasteiger partial charge in [0, 0.05) is 4.90 Å². The molecule has 0 saturated heterocycles. The normalized spacial score (nSPS) is 9.70. The van der Waals surface area contributed by atoms with Crippen LogP contribution in [0.15, 0.2) is 32.5 Å². The molecule has 0 N–H and O–H groups in total. The molecule has 0 unspecified atom stereocenters. The highest BCUT2D eigenvalue weighted by molar-refractivity contribution is 8.04. The highest BCUT2D eigenvalue weighted by Gasteiger charge is 1.99. The lowest BCUT2D eigenvalue weighted by Crippen LogP contribution is -1.61. The summed E-state index contributed by atoms with van der Waals surface area (Å²) in [5.41, 5.74) is 0. The summed E-state index contributed by atoms with van der Waals surface area (Å²) in [6, 6.07) is 2.13. The lowest BCUT2D eigenvalue weighted by Gasteiger charge is -1.93. The Morgan fingerprint density at radius 2 is 2.50 bits per heavy atom. The molecule has 1 heterocycles. The summed E-state index contributed by atoms with van der Waals surface area (Å²) in [7, 11) is 0. The van der Waals surface area contributed by atoms with Gasteiger partial charge in [0.2, 0.25) is 0 Å². The van der Waals surface area contributed by atoms with Crippen LogP contribution in [-0.4, -0.2) is 6.26 Å². The molecule has 0 aromatic carbocycles. The maximum atomic E-state index is 3.67. The zero-order valence-corrected chi connectivity index (χ0v) is 8.11. The van der Waals surface area contributed by atoms with Crippen molar-refractivity contribution in [3.05, 3.63) is 23.4 Å². The molecule has 0 spiro atoms. The van der Waals surface area contributed by atoms with E-state index >= 15 is 0 Å². The molecule has 0 amide bonds. The molecule has 10 heavy (non-hydrogen) atoms. The van der Waals surface area contributed by atoms with Crippen LogP contribution >= 0.6 is 34.9 Å². The first kappa shape index (κ1) is 8.24. The monoisotopic (exact) mass is 188 g/mol. The van der Waals surface area contributed by atoms with E-state index in [0.717, 1.165) is 0 Å². The SMILES string of the molecule is C=CSc1ccsc1SC. The predicted octanol–water partition coefficient (Wildman–Crippen LogP) is 3.71. The molecule has 0 fully saturated rings. The maximum Gasteiger partial charge on any atom is 0.0735 e. The number of thiophene rings is 1. The van der Waals surface area contributed by atoms with Crippen molar-refractivity contribution in [2.75, 3.05) is 6.26 Å². The van der Waals surface area contributed by atoms with Crippen LogP contribution in [0.5, 0.6) is 0 Å². The van der Waals surface area contributed by atoms with Crippen LogP contribution in [-0.2, 0) is 0 Å². The fourth-order valence-corrected chi connectivity index (χ4v) is 3.13. The molecule has 0 radical (unpaired) electrons. The van der Waals surface area contributed by atoms with Gasteiger partial charge in [-0.05, 0) is 23.1 Å². The minimum atomic E-state index is 1.33. The summed E-state index contributed by atoms with van der Waals surface area (Å²) in [6.07, 6.45) is 2.10. The van der Waals surface area contributed by atoms with Gasteiger partial charge in [-0.15, -0.1) is 23.1 Å². The molecular weight excluding hydrogens is 180 g/mol. The van der Waals surface area contributed by atoms with E-state index in [1.165, 1.54) is 9.10 Å². The van der Waals surface area contributed by atoms with Gasteiger partial charge in [-0.2, -0.15) is 0 Å². The summed E-state index contributed by atoms with van der Waals surface area (Å²) in [5, 5.41) is 3.97. The Balaban J connectivity index is 2.79. The molecule has 54 valence electrons. The second-order valence-corrected chi connectivity index (χ2v) is 4.56. The Kier molecular flexibility index (Phi) is 3.39. The molecular formula is C7H8S3. The van der Waals surface area contributed by atoms with Crippen molar-refractivity contribution in [3.8, 4) is 0 Å². The average molecular weight is 188 g/mol. The average Bonchev–Trinajstić information content (AvgIpc) is 2.36. The molecule has 0 atom stereocenters. The minimum Gasteiger partial charge on any atom is -0.136 e. The summed E-state index contributed by atoms with van der Waals surface area (Å²) < 4.78 is 1.38. The number of thioether (sulfide) groups is 2. The molecule has 0 aliphatic heterocycles. The van der Waals surface area contributed by atoms with Gasteiger partial charge >= 0.3 is 0 Å². The third-order valence-electron chi connectivity index (χ3n) is 0.991. The van der Waals surface area contributed by atoms with Crippen molar-refractivity contribution in [1.29, 1.82) is 0 Å². The van der Waals surface area contributed by atoms with Crippen molar-refractivity contribution in [1.82, 2.24) is 0 Å². The van der Waals surface area contributed by atoms with Gasteiger partial charge in [0.15, 0.2) is 0 Å². The fraction of sp³-hybridized carbons (Fsp3) is 0.143. The van der Waals surface area contributed by atoms with Crippen LogP contribution < -0.4 is 0 Å². The molecule has 0 nitrogen and oxygen atoms in total. The smallest absolute Gasteiger partial charge is 0.0735 e. The number of hydrogen-bond donors (Lipinski definition) is 0. The third kappa shape index (κ3) is 1.81. The fourth-order valence-electron chi connectivity index (χ4n) is 0.610. The van der Waals surface area contributed by atoms with Crippen LogP contribution in [0.25, 0.3) is 0 Å². The predicted molar refractivity (Wildman–Crippen MR) is 52.2 cm³/mol. The lowest BCUT2D eigenvalue weighted by molar-refractivity contribution is 1.41. The van der Waals surface area contributed by atoms with Crippen molar-refractivity contribution >= 4 is 34.9 Å². The summed E-state index contributed by atoms with van der Waals surface area (Å²) in [6.45, 7) is 3.67. The first-order valence-corrected chi connectivity index (χ1v) is 5.76. The second kappa shape index (κ2) is 4.11. The molecule has 1 aromatic rings. The summed E-state index contributed by atoms with van der Waals surface area (Å²) >= 11 is 5.26. The molecule has 0 aliphatic carbocycles. The van der Waals surface area contributed by atoms with Crippen LogP contribution in [0, 0.1) is 0 Å². The van der Waals surface area contributed by atoms with Crippen LogP contribution in [0.3, 0.4) is 0 Å². The van der Waals surface area contributed by atoms with Gasteiger partial charge in [-0.1, -0.05) is 18.3 Å². The second-order valence-electron chi connectivity index (χ2n) is 1.56. The summed E-state index contributed by atoms with van der Waals surface area (Å²) in [5.74, 6) is 0. The van der Waals surface area contributed by atoms with E-state index < -0.39 is 0 Å². The number of hydrogen-bond acceptors (Lipinski definition) is 3. The highest BCUT2D eigenvalue weighted by Crippen LogP contribution is 2.34. The van der Waals surface area contributed by atoms with Crippen LogP contribution in [0.1, 0.15) is 0 Å². The Bertz CT molecular complexity index is 214. The van der Waals surface area contributed by atoms with E-state index in [0.29, 0.717) is 0 Å². The van der Waals surface area contributed by atoms with Crippen molar-refractivity contribution < 1.29 is 0 Å². The van der Waals surface area contributed by atoms with Gasteiger partial charge in [0.1, 0.15) is 0 Å². The first-order chi connectivity index (χ1) is 4.88.